The summed E-state index contributed by atoms with van der Waals surface area (Å²) >= 11 is 0. The quantitative estimate of drug-likeness (QED) is 0.915. The van der Waals surface area contributed by atoms with Crippen LogP contribution < -0.4 is 11.3 Å². The number of halogens is 1. The minimum atomic E-state index is -0.264. The number of amides is 1. The van der Waals surface area contributed by atoms with Gasteiger partial charge in [0.05, 0.1) is 5.69 Å². The fourth-order valence-corrected chi connectivity index (χ4v) is 2.77. The number of aromatic nitrogens is 2. The van der Waals surface area contributed by atoms with Crippen LogP contribution in [0, 0.1) is 0 Å². The summed E-state index contributed by atoms with van der Waals surface area (Å²) in [6, 6.07) is 12.0. The average Bonchev–Trinajstić information content (AvgIpc) is 3.04. The predicted octanol–water partition coefficient (Wildman–Crippen LogP) is 1.22. The van der Waals surface area contributed by atoms with Crippen LogP contribution in [0.15, 0.2) is 47.3 Å². The molecule has 1 unspecified atom stereocenters. The molecule has 3 rings (SSSR count). The molecule has 1 fully saturated rings. The van der Waals surface area contributed by atoms with E-state index in [1.165, 1.54) is 16.8 Å². The van der Waals surface area contributed by atoms with Crippen molar-refractivity contribution in [3.05, 3.63) is 58.5 Å². The van der Waals surface area contributed by atoms with Gasteiger partial charge in [-0.15, -0.1) is 12.4 Å². The molecule has 6 nitrogen and oxygen atoms in total. The van der Waals surface area contributed by atoms with Gasteiger partial charge in [-0.2, -0.15) is 9.78 Å². The third-order valence-electron chi connectivity index (χ3n) is 3.93. The van der Waals surface area contributed by atoms with E-state index < -0.39 is 0 Å². The Morgan fingerprint density at radius 2 is 1.96 bits per heavy atom. The second-order valence-corrected chi connectivity index (χ2v) is 5.33. The van der Waals surface area contributed by atoms with E-state index in [0.29, 0.717) is 18.8 Å². The Morgan fingerprint density at radius 1 is 1.22 bits per heavy atom. The normalized spacial score (nSPS) is 16.9. The van der Waals surface area contributed by atoms with Gasteiger partial charge in [0.15, 0.2) is 0 Å². The molecule has 1 aromatic heterocycles. The summed E-state index contributed by atoms with van der Waals surface area (Å²) in [5.74, 6) is -0.169. The molecule has 0 radical (unpaired) electrons. The number of likely N-dealkylation sites (tertiary alicyclic amines) is 1. The molecular weight excluding hydrogens is 316 g/mol. The largest absolute Gasteiger partial charge is 0.333 e. The molecule has 122 valence electrons. The van der Waals surface area contributed by atoms with Gasteiger partial charge in [0, 0.05) is 25.2 Å². The first-order valence-electron chi connectivity index (χ1n) is 7.37. The molecule has 2 heterocycles. The van der Waals surface area contributed by atoms with E-state index in [2.05, 4.69) is 5.10 Å². The summed E-state index contributed by atoms with van der Waals surface area (Å²) in [4.78, 5) is 26.3. The Hall–Kier alpha value is -2.18. The van der Waals surface area contributed by atoms with Crippen molar-refractivity contribution >= 4 is 18.3 Å². The summed E-state index contributed by atoms with van der Waals surface area (Å²) in [6.45, 7) is 1.14. The topological polar surface area (TPSA) is 81.2 Å². The minimum Gasteiger partial charge on any atom is -0.333 e. The van der Waals surface area contributed by atoms with Crippen LogP contribution in [0.2, 0.25) is 0 Å². The SMILES string of the molecule is Cl.NCC1CCCN1C(=O)c1ccc(=O)n(-c2ccccc2)n1. The highest BCUT2D eigenvalue weighted by molar-refractivity contribution is 5.92. The smallest absolute Gasteiger partial charge is 0.274 e. The first-order valence-corrected chi connectivity index (χ1v) is 7.37. The van der Waals surface area contributed by atoms with E-state index in [1.54, 1.807) is 17.0 Å². The highest BCUT2D eigenvalue weighted by atomic mass is 35.5. The lowest BCUT2D eigenvalue weighted by Crippen LogP contribution is -2.41. The lowest BCUT2D eigenvalue weighted by atomic mass is 10.2. The zero-order valence-electron chi connectivity index (χ0n) is 12.6. The Kier molecular flexibility index (Phi) is 5.52. The van der Waals surface area contributed by atoms with Gasteiger partial charge < -0.3 is 10.6 Å². The first-order chi connectivity index (χ1) is 10.7. The Bertz CT molecular complexity index is 732. The van der Waals surface area contributed by atoms with Crippen LogP contribution in [-0.4, -0.2) is 39.7 Å². The second-order valence-electron chi connectivity index (χ2n) is 5.33. The predicted molar refractivity (Wildman–Crippen MR) is 90.2 cm³/mol. The van der Waals surface area contributed by atoms with Gasteiger partial charge in [0.25, 0.3) is 11.5 Å². The number of benzene rings is 1. The third kappa shape index (κ3) is 3.43. The maximum atomic E-state index is 12.6. The van der Waals surface area contributed by atoms with Crippen molar-refractivity contribution in [3.63, 3.8) is 0 Å². The van der Waals surface area contributed by atoms with Crippen molar-refractivity contribution < 1.29 is 4.79 Å². The Balaban J connectivity index is 0.00000192. The van der Waals surface area contributed by atoms with E-state index in [-0.39, 0.29) is 35.6 Å². The molecule has 23 heavy (non-hydrogen) atoms. The van der Waals surface area contributed by atoms with Crippen molar-refractivity contribution in [1.82, 2.24) is 14.7 Å². The molecule has 7 heteroatoms. The lowest BCUT2D eigenvalue weighted by molar-refractivity contribution is 0.0733. The number of nitrogens with zero attached hydrogens (tertiary/aromatic N) is 3. The Morgan fingerprint density at radius 3 is 2.65 bits per heavy atom. The molecule has 0 spiro atoms. The van der Waals surface area contributed by atoms with Gasteiger partial charge in [-0.25, -0.2) is 0 Å². The van der Waals surface area contributed by atoms with Gasteiger partial charge in [0.1, 0.15) is 5.69 Å². The number of para-hydroxylation sites is 1. The van der Waals surface area contributed by atoms with E-state index in [1.807, 2.05) is 18.2 Å². The van der Waals surface area contributed by atoms with E-state index >= 15 is 0 Å². The van der Waals surface area contributed by atoms with Crippen molar-refractivity contribution in [2.45, 2.75) is 18.9 Å². The standard InChI is InChI=1S/C16H18N4O2.ClH/c17-11-13-7-4-10-19(13)16(22)14-8-9-15(21)20(18-14)12-5-2-1-3-6-12;/h1-3,5-6,8-9,13H,4,7,10-11,17H2;1H. The molecule has 1 amide bonds. The average molecular weight is 335 g/mol. The van der Waals surface area contributed by atoms with Crippen molar-refractivity contribution in [2.24, 2.45) is 5.73 Å². The van der Waals surface area contributed by atoms with Gasteiger partial charge >= 0.3 is 0 Å². The van der Waals surface area contributed by atoms with Crippen LogP contribution >= 0.6 is 12.4 Å². The van der Waals surface area contributed by atoms with E-state index in [4.69, 9.17) is 5.73 Å². The van der Waals surface area contributed by atoms with Crippen LogP contribution in [0.3, 0.4) is 0 Å². The fourth-order valence-electron chi connectivity index (χ4n) is 2.77. The van der Waals surface area contributed by atoms with E-state index in [0.717, 1.165) is 12.8 Å². The maximum absolute atomic E-state index is 12.6. The summed E-state index contributed by atoms with van der Waals surface area (Å²) in [6.07, 6.45) is 1.87. The molecular formula is C16H19ClN4O2. The third-order valence-corrected chi connectivity index (χ3v) is 3.93. The number of carbonyl (C=O) groups excluding carboxylic acids is 1. The molecule has 1 saturated heterocycles. The van der Waals surface area contributed by atoms with E-state index in [9.17, 15) is 9.59 Å². The highest BCUT2D eigenvalue weighted by Gasteiger charge is 2.29. The molecule has 1 aliphatic heterocycles. The summed E-state index contributed by atoms with van der Waals surface area (Å²) in [7, 11) is 0. The number of hydrogen-bond acceptors (Lipinski definition) is 4. The van der Waals surface area contributed by atoms with Gasteiger partial charge in [-0.1, -0.05) is 18.2 Å². The maximum Gasteiger partial charge on any atom is 0.274 e. The molecule has 1 atom stereocenters. The van der Waals surface area contributed by atoms with Crippen LogP contribution in [0.5, 0.6) is 0 Å². The fraction of sp³-hybridized carbons (Fsp3) is 0.312. The number of hydrogen-bond donors (Lipinski definition) is 1. The number of rotatable bonds is 3. The highest BCUT2D eigenvalue weighted by Crippen LogP contribution is 2.18. The van der Waals surface area contributed by atoms with Crippen LogP contribution in [0.25, 0.3) is 5.69 Å². The summed E-state index contributed by atoms with van der Waals surface area (Å²) in [5, 5.41) is 4.23. The van der Waals surface area contributed by atoms with Crippen molar-refractivity contribution in [3.8, 4) is 5.69 Å². The number of carbonyl (C=O) groups is 1. The lowest BCUT2D eigenvalue weighted by Gasteiger charge is -2.23. The molecule has 2 N–H and O–H groups in total. The molecule has 0 bridgehead atoms. The van der Waals surface area contributed by atoms with Crippen LogP contribution in [-0.2, 0) is 0 Å². The molecule has 1 aliphatic rings. The Labute approximate surface area is 140 Å². The van der Waals surface area contributed by atoms with Crippen LogP contribution in [0.1, 0.15) is 23.3 Å². The zero-order chi connectivity index (χ0) is 15.5. The second kappa shape index (κ2) is 7.39. The van der Waals surface area contributed by atoms with Gasteiger partial charge in [-0.3, -0.25) is 9.59 Å². The monoisotopic (exact) mass is 334 g/mol. The van der Waals surface area contributed by atoms with Gasteiger partial charge in [-0.05, 0) is 31.0 Å². The first kappa shape index (κ1) is 17.2. The molecule has 2 aromatic rings. The summed E-state index contributed by atoms with van der Waals surface area (Å²) < 4.78 is 1.25. The van der Waals surface area contributed by atoms with Crippen LogP contribution in [0.4, 0.5) is 0 Å². The number of nitrogens with two attached hydrogens (primary N) is 1. The zero-order valence-corrected chi connectivity index (χ0v) is 13.4. The molecule has 0 aliphatic carbocycles. The van der Waals surface area contributed by atoms with Gasteiger partial charge in [0.2, 0.25) is 0 Å². The molecule has 0 saturated carbocycles. The van der Waals surface area contributed by atoms with Crippen molar-refractivity contribution in [1.29, 1.82) is 0 Å². The summed E-state index contributed by atoms with van der Waals surface area (Å²) in [5.41, 5.74) is 6.36. The van der Waals surface area contributed by atoms with Crippen molar-refractivity contribution in [2.75, 3.05) is 13.1 Å². The minimum absolute atomic E-state index is 0. The molecule has 1 aromatic carbocycles.